The first-order chi connectivity index (χ1) is 20.6. The molecule has 0 spiro atoms. The van der Waals surface area contributed by atoms with E-state index < -0.39 is 0 Å². The van der Waals surface area contributed by atoms with Gasteiger partial charge in [0.1, 0.15) is 16.7 Å². The molecule has 0 unspecified atom stereocenters. The fourth-order valence-electron chi connectivity index (χ4n) is 6.95. The molecule has 0 saturated heterocycles. The lowest BCUT2D eigenvalue weighted by atomic mass is 9.82. The van der Waals surface area contributed by atoms with Crippen LogP contribution in [-0.4, -0.2) is 24.7 Å². The summed E-state index contributed by atoms with van der Waals surface area (Å²) in [6.07, 6.45) is 3.48. The summed E-state index contributed by atoms with van der Waals surface area (Å²) in [6.45, 7) is 4.58. The number of benzene rings is 5. The van der Waals surface area contributed by atoms with Crippen molar-refractivity contribution in [2.75, 3.05) is 0 Å². The molecule has 1 aliphatic rings. The fraction of sp³-hybridized carbons (Fsp3) is 0.0811. The number of fused-ring (bicyclic) bond motifs is 8. The lowest BCUT2D eigenvalue weighted by molar-refractivity contribution is 0.660. The Bertz CT molecular complexity index is 2400. The smallest absolute Gasteiger partial charge is 0.188 e. The molecule has 0 amide bonds. The maximum Gasteiger partial charge on any atom is 0.188 e. The summed E-state index contributed by atoms with van der Waals surface area (Å²) in [5, 5.41) is 14.5. The fourth-order valence-corrected chi connectivity index (χ4v) is 6.95. The molecule has 1 aliphatic carbocycles. The molecule has 3 aromatic heterocycles. The highest BCUT2D eigenvalue weighted by atomic mass is 15.2. The number of aromatic nitrogens is 5. The van der Waals surface area contributed by atoms with Crippen LogP contribution in [0.4, 0.5) is 0 Å². The largest absolute Gasteiger partial charge is 0.290 e. The third-order valence-corrected chi connectivity index (χ3v) is 8.99. The molecule has 5 nitrogen and oxygen atoms in total. The van der Waals surface area contributed by atoms with Crippen LogP contribution in [0.25, 0.3) is 71.8 Å². The van der Waals surface area contributed by atoms with Gasteiger partial charge in [-0.15, -0.1) is 10.2 Å². The zero-order chi connectivity index (χ0) is 28.0. The first kappa shape index (κ1) is 23.3. The molecule has 0 aliphatic heterocycles. The number of hydrogen-bond donors (Lipinski definition) is 0. The van der Waals surface area contributed by atoms with E-state index in [2.05, 4.69) is 122 Å². The van der Waals surface area contributed by atoms with E-state index >= 15 is 0 Å². The predicted octanol–water partition coefficient (Wildman–Crippen LogP) is 8.64. The van der Waals surface area contributed by atoms with Gasteiger partial charge in [0, 0.05) is 34.1 Å². The number of para-hydroxylation sites is 1. The van der Waals surface area contributed by atoms with Crippen molar-refractivity contribution >= 4 is 43.6 Å². The average Bonchev–Trinajstić information content (AvgIpc) is 3.47. The number of nitrogens with zero attached hydrogens (tertiary/aromatic N) is 5. The van der Waals surface area contributed by atoms with Crippen LogP contribution >= 0.6 is 0 Å². The molecule has 3 heterocycles. The van der Waals surface area contributed by atoms with Crippen molar-refractivity contribution in [2.45, 2.75) is 19.3 Å². The van der Waals surface area contributed by atoms with Crippen molar-refractivity contribution in [1.29, 1.82) is 0 Å². The molecule has 0 bridgehead atoms. The predicted molar refractivity (Wildman–Crippen MR) is 170 cm³/mol. The molecular formula is C37H25N5. The SMILES string of the molecule is CC1(C)c2ccccc2-c2ccc(-c3nnc(-n4c5ccccc5c5cc6ccccc6cc54)c4nccnc34)cc21. The molecule has 0 radical (unpaired) electrons. The Morgan fingerprint density at radius 3 is 2.17 bits per heavy atom. The van der Waals surface area contributed by atoms with Gasteiger partial charge in [-0.3, -0.25) is 9.55 Å². The van der Waals surface area contributed by atoms with Gasteiger partial charge in [0.2, 0.25) is 0 Å². The molecule has 42 heavy (non-hydrogen) atoms. The highest BCUT2D eigenvalue weighted by molar-refractivity contribution is 6.14. The zero-order valence-corrected chi connectivity index (χ0v) is 23.2. The zero-order valence-electron chi connectivity index (χ0n) is 23.2. The minimum absolute atomic E-state index is 0.109. The molecule has 5 aromatic carbocycles. The molecule has 0 N–H and O–H groups in total. The third-order valence-electron chi connectivity index (χ3n) is 8.99. The third kappa shape index (κ3) is 3.08. The van der Waals surface area contributed by atoms with E-state index in [4.69, 9.17) is 20.2 Å². The van der Waals surface area contributed by atoms with Gasteiger partial charge in [0.05, 0.1) is 11.0 Å². The minimum Gasteiger partial charge on any atom is -0.290 e. The molecule has 8 aromatic rings. The summed E-state index contributed by atoms with van der Waals surface area (Å²) in [4.78, 5) is 9.68. The van der Waals surface area contributed by atoms with E-state index in [1.165, 1.54) is 43.8 Å². The van der Waals surface area contributed by atoms with Crippen LogP contribution in [0.5, 0.6) is 0 Å². The first-order valence-corrected chi connectivity index (χ1v) is 14.2. The van der Waals surface area contributed by atoms with Crippen molar-refractivity contribution in [1.82, 2.24) is 24.7 Å². The van der Waals surface area contributed by atoms with Crippen LogP contribution < -0.4 is 0 Å². The minimum atomic E-state index is -0.109. The molecule has 0 saturated carbocycles. The second-order valence-corrected chi connectivity index (χ2v) is 11.6. The van der Waals surface area contributed by atoms with Crippen LogP contribution in [0.3, 0.4) is 0 Å². The lowest BCUT2D eigenvalue weighted by Gasteiger charge is -2.22. The van der Waals surface area contributed by atoms with Gasteiger partial charge < -0.3 is 0 Å². The Morgan fingerprint density at radius 2 is 1.29 bits per heavy atom. The summed E-state index contributed by atoms with van der Waals surface area (Å²) < 4.78 is 2.19. The topological polar surface area (TPSA) is 56.5 Å². The van der Waals surface area contributed by atoms with Crippen molar-refractivity contribution < 1.29 is 0 Å². The molecular weight excluding hydrogens is 514 g/mol. The van der Waals surface area contributed by atoms with Crippen molar-refractivity contribution in [2.24, 2.45) is 0 Å². The maximum absolute atomic E-state index is 4.89. The van der Waals surface area contributed by atoms with Gasteiger partial charge in [0.25, 0.3) is 0 Å². The summed E-state index contributed by atoms with van der Waals surface area (Å²) in [5.41, 5.74) is 10.4. The van der Waals surface area contributed by atoms with Crippen LogP contribution in [0.15, 0.2) is 116 Å². The Morgan fingerprint density at radius 1 is 0.571 bits per heavy atom. The van der Waals surface area contributed by atoms with Gasteiger partial charge in [-0.1, -0.05) is 92.7 Å². The maximum atomic E-state index is 4.89. The molecule has 0 atom stereocenters. The Labute approximate surface area is 242 Å². The summed E-state index contributed by atoms with van der Waals surface area (Å²) in [6, 6.07) is 36.7. The molecule has 5 heteroatoms. The van der Waals surface area contributed by atoms with Gasteiger partial charge in [-0.05, 0) is 57.3 Å². The van der Waals surface area contributed by atoms with Crippen LogP contribution in [0.1, 0.15) is 25.0 Å². The Kier molecular flexibility index (Phi) is 4.61. The van der Waals surface area contributed by atoms with E-state index in [1.807, 2.05) is 0 Å². The first-order valence-electron chi connectivity index (χ1n) is 14.2. The van der Waals surface area contributed by atoms with E-state index in [1.54, 1.807) is 12.4 Å². The quantitative estimate of drug-likeness (QED) is 0.221. The monoisotopic (exact) mass is 539 g/mol. The van der Waals surface area contributed by atoms with Crippen molar-refractivity contribution in [3.8, 4) is 28.2 Å². The van der Waals surface area contributed by atoms with Crippen molar-refractivity contribution in [3.63, 3.8) is 0 Å². The number of rotatable bonds is 2. The summed E-state index contributed by atoms with van der Waals surface area (Å²) in [5.74, 6) is 0.678. The highest BCUT2D eigenvalue weighted by Crippen LogP contribution is 2.49. The van der Waals surface area contributed by atoms with Gasteiger partial charge in [-0.2, -0.15) is 0 Å². The average molecular weight is 540 g/mol. The highest BCUT2D eigenvalue weighted by Gasteiger charge is 2.35. The van der Waals surface area contributed by atoms with E-state index in [0.29, 0.717) is 5.82 Å². The van der Waals surface area contributed by atoms with Crippen LogP contribution in [0.2, 0.25) is 0 Å². The normalized spacial score (nSPS) is 13.7. The van der Waals surface area contributed by atoms with Crippen LogP contribution in [-0.2, 0) is 5.41 Å². The van der Waals surface area contributed by atoms with Gasteiger partial charge >= 0.3 is 0 Å². The van der Waals surface area contributed by atoms with Gasteiger partial charge in [-0.25, -0.2) is 4.98 Å². The molecule has 198 valence electrons. The van der Waals surface area contributed by atoms with E-state index in [-0.39, 0.29) is 5.41 Å². The second kappa shape index (κ2) is 8.30. The summed E-state index contributed by atoms with van der Waals surface area (Å²) >= 11 is 0. The Balaban J connectivity index is 1.30. The molecule has 0 fully saturated rings. The molecule has 9 rings (SSSR count). The van der Waals surface area contributed by atoms with Crippen molar-refractivity contribution in [3.05, 3.63) is 127 Å². The summed E-state index contributed by atoms with van der Waals surface area (Å²) in [7, 11) is 0. The van der Waals surface area contributed by atoms with Gasteiger partial charge in [0.15, 0.2) is 5.82 Å². The van der Waals surface area contributed by atoms with E-state index in [0.717, 1.165) is 33.3 Å². The van der Waals surface area contributed by atoms with E-state index in [9.17, 15) is 0 Å². The second-order valence-electron chi connectivity index (χ2n) is 11.6. The standard InChI is InChI=1S/C37H25N5/c1-37(2)29-13-7-5-11-25(29)26-16-15-24(20-30(26)37)33-34-35(39-18-17-38-34)36(41-40-33)42-31-14-8-6-12-27(31)28-19-22-9-3-4-10-23(22)21-32(28)42/h3-21H,1-2H3. The number of hydrogen-bond acceptors (Lipinski definition) is 4. The lowest BCUT2D eigenvalue weighted by Crippen LogP contribution is -2.15. The van der Waals surface area contributed by atoms with Crippen LogP contribution in [0, 0.1) is 0 Å². The Hall–Kier alpha value is -5.42.